The van der Waals surface area contributed by atoms with Crippen LogP contribution in [0.25, 0.3) is 0 Å². The fourth-order valence-corrected chi connectivity index (χ4v) is 3.24. The summed E-state index contributed by atoms with van der Waals surface area (Å²) >= 11 is 0. The number of hydrogen-bond acceptors (Lipinski definition) is 8. The third-order valence-corrected chi connectivity index (χ3v) is 5.86. The van der Waals surface area contributed by atoms with Crippen molar-refractivity contribution in [2.24, 2.45) is 0 Å². The van der Waals surface area contributed by atoms with Gasteiger partial charge in [0.15, 0.2) is 5.54 Å². The van der Waals surface area contributed by atoms with Crippen molar-refractivity contribution in [2.45, 2.75) is 104 Å². The Balaban J connectivity index is 2.82. The summed E-state index contributed by atoms with van der Waals surface area (Å²) in [6, 6.07) is 0. The molecule has 0 aromatic carbocycles. The summed E-state index contributed by atoms with van der Waals surface area (Å²) in [6.07, 6.45) is 2.87. The lowest BCUT2D eigenvalue weighted by molar-refractivity contribution is -0.158. The second kappa shape index (κ2) is 12.4. The van der Waals surface area contributed by atoms with Gasteiger partial charge in [-0.3, -0.25) is 4.79 Å². The van der Waals surface area contributed by atoms with E-state index in [0.717, 1.165) is 6.42 Å². The lowest BCUT2D eigenvalue weighted by Crippen LogP contribution is -2.58. The molecule has 1 fully saturated rings. The zero-order valence-corrected chi connectivity index (χ0v) is 20.7. The van der Waals surface area contributed by atoms with Gasteiger partial charge in [0.05, 0.1) is 24.4 Å². The molecule has 0 aromatic heterocycles. The Labute approximate surface area is 192 Å². The van der Waals surface area contributed by atoms with Gasteiger partial charge < -0.3 is 28.8 Å². The molecule has 0 bridgehead atoms. The first-order valence-corrected chi connectivity index (χ1v) is 11.5. The average molecular weight is 457 g/mol. The molecule has 1 rings (SSSR count). The molecule has 0 aromatic rings. The van der Waals surface area contributed by atoms with E-state index in [2.05, 4.69) is 5.32 Å². The number of ether oxygens (including phenoxy) is 3. The highest BCUT2D eigenvalue weighted by atomic mass is 16.7. The summed E-state index contributed by atoms with van der Waals surface area (Å²) in [6.45, 7) is 12.9. The van der Waals surface area contributed by atoms with E-state index in [4.69, 9.17) is 23.5 Å². The summed E-state index contributed by atoms with van der Waals surface area (Å²) < 4.78 is 27.5. The van der Waals surface area contributed by atoms with Crippen LogP contribution in [0.4, 0.5) is 4.79 Å². The van der Waals surface area contributed by atoms with Gasteiger partial charge in [-0.25, -0.2) is 9.59 Å². The molecule has 1 heterocycles. The van der Waals surface area contributed by atoms with Crippen molar-refractivity contribution in [3.8, 4) is 0 Å². The van der Waals surface area contributed by atoms with Gasteiger partial charge in [-0.15, -0.1) is 0 Å². The Hall–Kier alpha value is -1.81. The molecular weight excluding hydrogens is 417 g/mol. The largest absolute Gasteiger partial charge is 0.464 e. The van der Waals surface area contributed by atoms with Crippen LogP contribution in [-0.4, -0.2) is 61.7 Å². The second-order valence-electron chi connectivity index (χ2n) is 9.13. The van der Waals surface area contributed by atoms with E-state index in [1.807, 2.05) is 34.6 Å². The highest BCUT2D eigenvalue weighted by Gasteiger charge is 2.50. The van der Waals surface area contributed by atoms with Gasteiger partial charge in [0.2, 0.25) is 0 Å². The second-order valence-corrected chi connectivity index (χ2v) is 9.13. The maximum Gasteiger partial charge on any atom is 0.457 e. The third kappa shape index (κ3) is 8.28. The molecule has 32 heavy (non-hydrogen) atoms. The van der Waals surface area contributed by atoms with Gasteiger partial charge in [-0.1, -0.05) is 26.2 Å². The SMILES string of the molecule is CCCCOC(=O)NC(CCCCB1OC(C)(C)C(C)(C)O1)(COC(C)=O)C(=O)OCC. The standard InChI is InChI=1S/C22H40BNO8/c1-8-10-15-29-19(27)24-22(16-30-17(3)25,18(26)28-9-2)13-11-12-14-23-31-20(4,5)21(6,7)32-23/h8-16H2,1-7H3,(H,24,27). The van der Waals surface area contributed by atoms with Crippen LogP contribution in [0.5, 0.6) is 0 Å². The van der Waals surface area contributed by atoms with Crippen molar-refractivity contribution >= 4 is 25.2 Å². The maximum absolute atomic E-state index is 12.8. The topological polar surface area (TPSA) is 109 Å². The number of esters is 2. The van der Waals surface area contributed by atoms with E-state index < -0.39 is 34.8 Å². The first kappa shape index (κ1) is 28.2. The van der Waals surface area contributed by atoms with Gasteiger partial charge in [0.25, 0.3) is 0 Å². The normalized spacial score (nSPS) is 18.5. The molecule has 1 N–H and O–H groups in total. The fourth-order valence-electron chi connectivity index (χ4n) is 3.24. The van der Waals surface area contributed by atoms with Crippen molar-refractivity contribution in [1.82, 2.24) is 5.32 Å². The molecule has 0 spiro atoms. The number of unbranched alkanes of at least 4 members (excludes halogenated alkanes) is 2. The number of hydrogen-bond donors (Lipinski definition) is 1. The van der Waals surface area contributed by atoms with Crippen LogP contribution in [-0.2, 0) is 33.1 Å². The Kier molecular flexibility index (Phi) is 11.0. The van der Waals surface area contributed by atoms with Gasteiger partial charge in [0, 0.05) is 6.92 Å². The van der Waals surface area contributed by atoms with Gasteiger partial charge in [-0.2, -0.15) is 0 Å². The lowest BCUT2D eigenvalue weighted by atomic mass is 9.81. The van der Waals surface area contributed by atoms with E-state index >= 15 is 0 Å². The first-order chi connectivity index (χ1) is 14.9. The van der Waals surface area contributed by atoms with Crippen molar-refractivity contribution in [3.05, 3.63) is 0 Å². The minimum absolute atomic E-state index is 0.126. The van der Waals surface area contributed by atoms with E-state index in [1.165, 1.54) is 6.92 Å². The van der Waals surface area contributed by atoms with Crippen LogP contribution >= 0.6 is 0 Å². The zero-order chi connectivity index (χ0) is 24.4. The molecule has 0 radical (unpaired) electrons. The zero-order valence-electron chi connectivity index (χ0n) is 20.7. The van der Waals surface area contributed by atoms with Crippen LogP contribution < -0.4 is 5.32 Å². The monoisotopic (exact) mass is 457 g/mol. The van der Waals surface area contributed by atoms with Gasteiger partial charge in [0.1, 0.15) is 6.61 Å². The summed E-state index contributed by atoms with van der Waals surface area (Å²) in [5, 5.41) is 2.61. The van der Waals surface area contributed by atoms with Crippen molar-refractivity contribution in [2.75, 3.05) is 19.8 Å². The summed E-state index contributed by atoms with van der Waals surface area (Å²) in [7, 11) is -0.350. The number of nitrogens with one attached hydrogen (secondary N) is 1. The molecule has 1 unspecified atom stereocenters. The number of alkyl carbamates (subject to hydrolysis) is 1. The van der Waals surface area contributed by atoms with Crippen molar-refractivity contribution in [3.63, 3.8) is 0 Å². The number of carbonyl (C=O) groups excluding carboxylic acids is 3. The molecule has 1 saturated heterocycles. The number of amides is 1. The molecule has 184 valence electrons. The number of carbonyl (C=O) groups is 3. The molecule has 9 nitrogen and oxygen atoms in total. The van der Waals surface area contributed by atoms with Crippen LogP contribution in [0.2, 0.25) is 6.32 Å². The Morgan fingerprint density at radius 1 is 0.938 bits per heavy atom. The minimum atomic E-state index is -1.53. The van der Waals surface area contributed by atoms with Crippen LogP contribution in [0, 0.1) is 0 Å². The Bertz CT molecular complexity index is 623. The molecule has 0 saturated carbocycles. The maximum atomic E-state index is 12.8. The van der Waals surface area contributed by atoms with E-state index in [-0.39, 0.29) is 33.4 Å². The van der Waals surface area contributed by atoms with Crippen molar-refractivity contribution < 1.29 is 37.9 Å². The predicted octanol–water partition coefficient (Wildman–Crippen LogP) is 3.64. The third-order valence-electron chi connectivity index (χ3n) is 5.86. The molecular formula is C22H40BNO8. The predicted molar refractivity (Wildman–Crippen MR) is 120 cm³/mol. The molecule has 10 heteroatoms. The van der Waals surface area contributed by atoms with Crippen LogP contribution in [0.15, 0.2) is 0 Å². The quantitative estimate of drug-likeness (QED) is 0.193. The molecule has 1 aliphatic heterocycles. The van der Waals surface area contributed by atoms with Gasteiger partial charge in [-0.05, 0) is 53.8 Å². The Morgan fingerprint density at radius 2 is 1.56 bits per heavy atom. The fraction of sp³-hybridized carbons (Fsp3) is 0.864. The average Bonchev–Trinajstić information content (AvgIpc) is 2.89. The van der Waals surface area contributed by atoms with E-state index in [1.54, 1.807) is 6.92 Å². The van der Waals surface area contributed by atoms with E-state index in [9.17, 15) is 14.4 Å². The molecule has 0 aliphatic carbocycles. The van der Waals surface area contributed by atoms with Crippen LogP contribution in [0.1, 0.15) is 80.6 Å². The highest BCUT2D eigenvalue weighted by molar-refractivity contribution is 6.45. The lowest BCUT2D eigenvalue weighted by Gasteiger charge is -2.32. The summed E-state index contributed by atoms with van der Waals surface area (Å²) in [5.41, 5.74) is -2.35. The van der Waals surface area contributed by atoms with Crippen molar-refractivity contribution in [1.29, 1.82) is 0 Å². The van der Waals surface area contributed by atoms with E-state index in [0.29, 0.717) is 25.6 Å². The molecule has 1 amide bonds. The smallest absolute Gasteiger partial charge is 0.457 e. The molecule has 1 aliphatic rings. The first-order valence-electron chi connectivity index (χ1n) is 11.5. The van der Waals surface area contributed by atoms with Crippen LogP contribution in [0.3, 0.4) is 0 Å². The van der Waals surface area contributed by atoms with Gasteiger partial charge >= 0.3 is 25.2 Å². The summed E-state index contributed by atoms with van der Waals surface area (Å²) in [4.78, 5) is 36.6. The Morgan fingerprint density at radius 3 is 2.09 bits per heavy atom. The summed E-state index contributed by atoms with van der Waals surface area (Å²) in [5.74, 6) is -1.22. The highest BCUT2D eigenvalue weighted by Crippen LogP contribution is 2.38. The molecule has 1 atom stereocenters. The number of rotatable bonds is 13. The minimum Gasteiger partial charge on any atom is -0.464 e.